The Labute approximate surface area is 184 Å². The second-order valence-electron chi connectivity index (χ2n) is 8.51. The summed E-state index contributed by atoms with van der Waals surface area (Å²) < 4.78 is 11.1. The normalized spacial score (nSPS) is 18.2. The maximum Gasteiger partial charge on any atom is 0.253 e. The standard InChI is InChI=1S/C25H32N2O4/c1-16(2)13-26-24(28)21-15-27(25(29)18-11-9-17(3)10-12-18)14-20(21)19-7-6-8-22(30-4)23(19)31-5/h6-12,16,20-21H,13-15H2,1-5H3,(H,26,28)/t20-,21+/m1/s1. The summed E-state index contributed by atoms with van der Waals surface area (Å²) in [6, 6.07) is 13.2. The van der Waals surface area contributed by atoms with Gasteiger partial charge >= 0.3 is 0 Å². The van der Waals surface area contributed by atoms with Gasteiger partial charge in [-0.2, -0.15) is 0 Å². The van der Waals surface area contributed by atoms with Crippen LogP contribution in [-0.4, -0.2) is 50.6 Å². The Morgan fingerprint density at radius 1 is 1.06 bits per heavy atom. The maximum atomic E-state index is 13.2. The van der Waals surface area contributed by atoms with Crippen molar-refractivity contribution < 1.29 is 19.1 Å². The monoisotopic (exact) mass is 424 g/mol. The van der Waals surface area contributed by atoms with E-state index in [2.05, 4.69) is 19.2 Å². The summed E-state index contributed by atoms with van der Waals surface area (Å²) in [6.45, 7) is 7.51. The van der Waals surface area contributed by atoms with Crippen LogP contribution in [0.2, 0.25) is 0 Å². The van der Waals surface area contributed by atoms with Crippen molar-refractivity contribution in [2.75, 3.05) is 33.9 Å². The minimum absolute atomic E-state index is 0.0391. The number of para-hydroxylation sites is 1. The highest BCUT2D eigenvalue weighted by Crippen LogP contribution is 2.42. The molecule has 3 rings (SSSR count). The fourth-order valence-electron chi connectivity index (χ4n) is 4.07. The minimum atomic E-state index is -0.367. The van der Waals surface area contributed by atoms with E-state index in [0.29, 0.717) is 42.6 Å². The van der Waals surface area contributed by atoms with Gasteiger partial charge in [-0.15, -0.1) is 0 Å². The van der Waals surface area contributed by atoms with Crippen molar-refractivity contribution >= 4 is 11.8 Å². The van der Waals surface area contributed by atoms with Gasteiger partial charge in [-0.1, -0.05) is 43.7 Å². The second kappa shape index (κ2) is 9.86. The molecule has 0 spiro atoms. The van der Waals surface area contributed by atoms with Crippen LogP contribution < -0.4 is 14.8 Å². The minimum Gasteiger partial charge on any atom is -0.493 e. The number of carbonyl (C=O) groups excluding carboxylic acids is 2. The number of carbonyl (C=O) groups is 2. The molecule has 6 heteroatoms. The summed E-state index contributed by atoms with van der Waals surface area (Å²) in [5.41, 5.74) is 2.61. The van der Waals surface area contributed by atoms with E-state index in [0.717, 1.165) is 11.1 Å². The quantitative estimate of drug-likeness (QED) is 0.737. The molecular weight excluding hydrogens is 392 g/mol. The molecule has 1 N–H and O–H groups in total. The summed E-state index contributed by atoms with van der Waals surface area (Å²) >= 11 is 0. The molecule has 1 heterocycles. The summed E-state index contributed by atoms with van der Waals surface area (Å²) in [5.74, 6) is 0.918. The number of nitrogens with one attached hydrogen (secondary N) is 1. The van der Waals surface area contributed by atoms with Gasteiger partial charge in [-0.3, -0.25) is 9.59 Å². The molecule has 1 aliphatic rings. The average Bonchev–Trinajstić information content (AvgIpc) is 3.22. The van der Waals surface area contributed by atoms with E-state index in [9.17, 15) is 9.59 Å². The number of hydrogen-bond donors (Lipinski definition) is 1. The Morgan fingerprint density at radius 3 is 2.39 bits per heavy atom. The topological polar surface area (TPSA) is 67.9 Å². The van der Waals surface area contributed by atoms with Crippen LogP contribution in [0, 0.1) is 18.8 Å². The molecule has 6 nitrogen and oxygen atoms in total. The van der Waals surface area contributed by atoms with Crippen molar-refractivity contribution in [1.82, 2.24) is 10.2 Å². The van der Waals surface area contributed by atoms with E-state index in [4.69, 9.17) is 9.47 Å². The van der Waals surface area contributed by atoms with Gasteiger partial charge in [0.25, 0.3) is 5.91 Å². The van der Waals surface area contributed by atoms with Crippen molar-refractivity contribution in [2.24, 2.45) is 11.8 Å². The fraction of sp³-hybridized carbons (Fsp3) is 0.440. The largest absolute Gasteiger partial charge is 0.493 e. The zero-order valence-electron chi connectivity index (χ0n) is 19.0. The fourth-order valence-corrected chi connectivity index (χ4v) is 4.07. The number of ether oxygens (including phenoxy) is 2. The molecule has 0 bridgehead atoms. The molecule has 2 aromatic carbocycles. The van der Waals surface area contributed by atoms with Gasteiger partial charge in [0.2, 0.25) is 5.91 Å². The lowest BCUT2D eigenvalue weighted by Gasteiger charge is -2.22. The zero-order valence-corrected chi connectivity index (χ0v) is 19.0. The van der Waals surface area contributed by atoms with Crippen LogP contribution in [0.1, 0.15) is 41.3 Å². The molecular formula is C25H32N2O4. The van der Waals surface area contributed by atoms with Crippen molar-refractivity contribution in [1.29, 1.82) is 0 Å². The van der Waals surface area contributed by atoms with Crippen molar-refractivity contribution in [2.45, 2.75) is 26.7 Å². The van der Waals surface area contributed by atoms with Crippen LogP contribution in [-0.2, 0) is 4.79 Å². The Hall–Kier alpha value is -3.02. The number of nitrogens with zero attached hydrogens (tertiary/aromatic N) is 1. The Bertz CT molecular complexity index is 924. The van der Waals surface area contributed by atoms with Crippen molar-refractivity contribution in [3.8, 4) is 11.5 Å². The molecule has 1 saturated heterocycles. The number of aryl methyl sites for hydroxylation is 1. The van der Waals surface area contributed by atoms with E-state index < -0.39 is 0 Å². The number of hydrogen-bond acceptors (Lipinski definition) is 4. The third-order valence-electron chi connectivity index (χ3n) is 5.76. The van der Waals surface area contributed by atoms with E-state index >= 15 is 0 Å². The van der Waals surface area contributed by atoms with Gasteiger partial charge in [-0.25, -0.2) is 0 Å². The molecule has 0 radical (unpaired) electrons. The number of likely N-dealkylation sites (tertiary alicyclic amines) is 1. The summed E-state index contributed by atoms with van der Waals surface area (Å²) in [5, 5.41) is 3.05. The van der Waals surface area contributed by atoms with E-state index in [1.807, 2.05) is 49.4 Å². The third kappa shape index (κ3) is 5.01. The van der Waals surface area contributed by atoms with Gasteiger partial charge in [0.15, 0.2) is 11.5 Å². The van der Waals surface area contributed by atoms with E-state index in [1.54, 1.807) is 19.1 Å². The molecule has 0 aromatic heterocycles. The molecule has 2 amide bonds. The number of rotatable bonds is 7. The first-order valence-corrected chi connectivity index (χ1v) is 10.7. The smallest absolute Gasteiger partial charge is 0.253 e. The van der Waals surface area contributed by atoms with Crippen LogP contribution in [0.25, 0.3) is 0 Å². The van der Waals surface area contributed by atoms with Gasteiger partial charge in [-0.05, 0) is 31.0 Å². The van der Waals surface area contributed by atoms with Crippen LogP contribution in [0.4, 0.5) is 0 Å². The maximum absolute atomic E-state index is 13.2. The molecule has 0 unspecified atom stereocenters. The number of amides is 2. The van der Waals surface area contributed by atoms with E-state index in [-0.39, 0.29) is 23.7 Å². The van der Waals surface area contributed by atoms with Gasteiger partial charge in [0.05, 0.1) is 20.1 Å². The lowest BCUT2D eigenvalue weighted by molar-refractivity contribution is -0.125. The molecule has 1 aliphatic heterocycles. The molecule has 2 aromatic rings. The second-order valence-corrected chi connectivity index (χ2v) is 8.51. The Kier molecular flexibility index (Phi) is 7.21. The number of benzene rings is 2. The summed E-state index contributed by atoms with van der Waals surface area (Å²) in [4.78, 5) is 28.1. The molecule has 0 saturated carbocycles. The SMILES string of the molecule is COc1cccc([C@H]2CN(C(=O)c3ccc(C)cc3)C[C@@H]2C(=O)NCC(C)C)c1OC. The Morgan fingerprint density at radius 2 is 1.77 bits per heavy atom. The zero-order chi connectivity index (χ0) is 22.5. The first kappa shape index (κ1) is 22.7. The van der Waals surface area contributed by atoms with E-state index in [1.165, 1.54) is 0 Å². The molecule has 2 atom stereocenters. The van der Waals surface area contributed by atoms with Gasteiger partial charge < -0.3 is 19.7 Å². The predicted octanol–water partition coefficient (Wildman–Crippen LogP) is 3.64. The highest BCUT2D eigenvalue weighted by molar-refractivity contribution is 5.95. The number of methoxy groups -OCH3 is 2. The highest BCUT2D eigenvalue weighted by Gasteiger charge is 2.42. The third-order valence-corrected chi connectivity index (χ3v) is 5.76. The lowest BCUT2D eigenvalue weighted by Crippen LogP contribution is -2.37. The van der Waals surface area contributed by atoms with Gasteiger partial charge in [0, 0.05) is 36.7 Å². The average molecular weight is 425 g/mol. The Balaban J connectivity index is 1.93. The summed E-state index contributed by atoms with van der Waals surface area (Å²) in [6.07, 6.45) is 0. The molecule has 0 aliphatic carbocycles. The van der Waals surface area contributed by atoms with Crippen LogP contribution in [0.15, 0.2) is 42.5 Å². The first-order chi connectivity index (χ1) is 14.8. The molecule has 166 valence electrons. The van der Waals surface area contributed by atoms with Crippen LogP contribution in [0.3, 0.4) is 0 Å². The first-order valence-electron chi connectivity index (χ1n) is 10.7. The molecule has 1 fully saturated rings. The predicted molar refractivity (Wildman–Crippen MR) is 121 cm³/mol. The van der Waals surface area contributed by atoms with Crippen LogP contribution in [0.5, 0.6) is 11.5 Å². The van der Waals surface area contributed by atoms with Crippen molar-refractivity contribution in [3.05, 3.63) is 59.2 Å². The van der Waals surface area contributed by atoms with Crippen molar-refractivity contribution in [3.63, 3.8) is 0 Å². The lowest BCUT2D eigenvalue weighted by atomic mass is 9.87. The van der Waals surface area contributed by atoms with Crippen LogP contribution >= 0.6 is 0 Å². The molecule has 31 heavy (non-hydrogen) atoms. The van der Waals surface area contributed by atoms with Gasteiger partial charge in [0.1, 0.15) is 0 Å². The summed E-state index contributed by atoms with van der Waals surface area (Å²) in [7, 11) is 3.19. The highest BCUT2D eigenvalue weighted by atomic mass is 16.5.